The molecule has 0 unspecified atom stereocenters. The summed E-state index contributed by atoms with van der Waals surface area (Å²) < 4.78 is 8.70. The first-order valence-corrected chi connectivity index (χ1v) is 1.75. The molecule has 0 bridgehead atoms. The zero-order valence-corrected chi connectivity index (χ0v) is 5.23. The van der Waals surface area contributed by atoms with Gasteiger partial charge in [0.25, 0.3) is 0 Å². The van der Waals surface area contributed by atoms with Gasteiger partial charge in [-0.1, -0.05) is 0 Å². The van der Waals surface area contributed by atoms with Crippen LogP contribution < -0.4 is 0 Å². The van der Waals surface area contributed by atoms with E-state index >= 15 is 0 Å². The molecule has 0 aliphatic rings. The Bertz CT molecular complexity index is 29.9. The first-order chi connectivity index (χ1) is 1.73. The Morgan fingerprint density at radius 1 is 1.40 bits per heavy atom. The zero-order chi connectivity index (χ0) is 3.58. The molecule has 0 aromatic heterocycles. The maximum Gasteiger partial charge on any atom is 0.692 e. The maximum atomic E-state index is 8.70. The van der Waals surface area contributed by atoms with E-state index in [1.54, 1.807) is 0 Å². The molecule has 5 heteroatoms. The Morgan fingerprint density at radius 3 is 1.40 bits per heavy atom. The fourth-order valence-electron chi connectivity index (χ4n) is 0. The van der Waals surface area contributed by atoms with Crippen LogP contribution >= 0.6 is 8.25 Å². The zero-order valence-electron chi connectivity index (χ0n) is 2.07. The predicted molar refractivity (Wildman–Crippen MR) is 12.0 cm³/mol. The van der Waals surface area contributed by atoms with Gasteiger partial charge in [-0.05, 0) is 0 Å². The molecule has 0 saturated heterocycles. The summed E-state index contributed by atoms with van der Waals surface area (Å²) in [7, 11) is -2.87. The van der Waals surface area contributed by atoms with Crippen LogP contribution in [-0.4, -0.2) is 9.79 Å². The van der Waals surface area contributed by atoms with Gasteiger partial charge in [0, 0.05) is 25.6 Å². The van der Waals surface area contributed by atoms with Crippen LogP contribution in [0, 0.1) is 0 Å². The molecule has 0 aliphatic carbocycles. The molecule has 0 fully saturated rings. The summed E-state index contributed by atoms with van der Waals surface area (Å²) in [6.07, 6.45) is 0. The molecule has 0 radical (unpaired) electrons. The Kier molecular flexibility index (Phi) is 8.67. The largest absolute Gasteiger partial charge is 0.692 e. The minimum absolute atomic E-state index is 0. The fourth-order valence-corrected chi connectivity index (χ4v) is 0. The maximum absolute atomic E-state index is 8.70. The van der Waals surface area contributed by atoms with E-state index in [2.05, 4.69) is 0 Å². The smallest absolute Gasteiger partial charge is 0.134 e. The van der Waals surface area contributed by atoms with E-state index in [-0.39, 0.29) is 21.1 Å². The van der Waals surface area contributed by atoms with Gasteiger partial charge in [-0.15, -0.1) is 9.79 Å². The topological polar surface area (TPSA) is 57.5 Å². The van der Waals surface area contributed by atoms with Gasteiger partial charge in [0.15, 0.2) is 0 Å². The van der Waals surface area contributed by atoms with E-state index in [0.29, 0.717) is 0 Å². The first-order valence-electron chi connectivity index (χ1n) is 0.583. The summed E-state index contributed by atoms with van der Waals surface area (Å²) >= 11 is 0. The molecule has 3 nitrogen and oxygen atoms in total. The van der Waals surface area contributed by atoms with Crippen LogP contribution in [0.3, 0.4) is 0 Å². The summed E-state index contributed by atoms with van der Waals surface area (Å²) in [5.74, 6) is 0. The van der Waals surface area contributed by atoms with Crippen LogP contribution in [0.1, 0.15) is 0 Å². The third-order valence-electron chi connectivity index (χ3n) is 0. The fraction of sp³-hybridized carbons (Fsp3) is 0. The summed E-state index contributed by atoms with van der Waals surface area (Å²) in [4.78, 5) is 14.2. The van der Waals surface area contributed by atoms with Crippen molar-refractivity contribution >= 4 is 8.25 Å². The average Bonchev–Trinajstić information content (AvgIpc) is 0.811. The van der Waals surface area contributed by atoms with Gasteiger partial charge >= 0.3 is 8.25 Å². The molecule has 0 spiro atoms. The van der Waals surface area contributed by atoms with Crippen molar-refractivity contribution in [3.05, 3.63) is 0 Å². The third-order valence-corrected chi connectivity index (χ3v) is 0. The number of hydrogen-bond acceptors (Lipinski definition) is 1. The van der Waals surface area contributed by atoms with Crippen molar-refractivity contribution in [1.82, 2.24) is 0 Å². The van der Waals surface area contributed by atoms with E-state index in [4.69, 9.17) is 14.4 Å². The second-order valence-electron chi connectivity index (χ2n) is 0.253. The molecule has 2 N–H and O–H groups in total. The molecule has 0 amide bonds. The van der Waals surface area contributed by atoms with Crippen molar-refractivity contribution < 1.29 is 35.4 Å². The normalized spacial score (nSPS) is 5.20. The SMILES string of the molecule is O=[P+](O)O.[Pt]. The number of rotatable bonds is 0. The summed E-state index contributed by atoms with van der Waals surface area (Å²) in [6, 6.07) is 0. The Labute approximate surface area is 44.2 Å². The standard InChI is InChI=1S/HO3P.Pt/c1-4(2)3;/h(H-,1,2,3);/p+1. The van der Waals surface area contributed by atoms with Crippen molar-refractivity contribution in [3.8, 4) is 0 Å². The van der Waals surface area contributed by atoms with Crippen LogP contribution in [0.5, 0.6) is 0 Å². The quantitative estimate of drug-likeness (QED) is 0.593. The minimum atomic E-state index is -2.87. The monoisotopic (exact) mass is 276 g/mol. The van der Waals surface area contributed by atoms with Gasteiger partial charge in [0.1, 0.15) is 0 Å². The van der Waals surface area contributed by atoms with E-state index in [1.165, 1.54) is 0 Å². The van der Waals surface area contributed by atoms with E-state index < -0.39 is 8.25 Å². The molecule has 5 heavy (non-hydrogen) atoms. The van der Waals surface area contributed by atoms with Crippen LogP contribution in [-0.2, 0) is 25.6 Å². The molecule has 0 aromatic rings. The Hall–Kier alpha value is 0.708. The van der Waals surface area contributed by atoms with Gasteiger partial charge in [-0.25, -0.2) is 0 Å². The molecular weight excluding hydrogens is 274 g/mol. The van der Waals surface area contributed by atoms with Crippen molar-refractivity contribution in [3.63, 3.8) is 0 Å². The molecule has 0 atom stereocenters. The van der Waals surface area contributed by atoms with E-state index in [9.17, 15) is 0 Å². The Balaban J connectivity index is 0. The predicted octanol–water partition coefficient (Wildman–Crippen LogP) is -0.374. The Morgan fingerprint density at radius 2 is 1.40 bits per heavy atom. The molecule has 0 rings (SSSR count). The average molecular weight is 276 g/mol. The second-order valence-corrected chi connectivity index (χ2v) is 0.758. The molecule has 34 valence electrons. The van der Waals surface area contributed by atoms with Gasteiger partial charge in [0.2, 0.25) is 0 Å². The van der Waals surface area contributed by atoms with Crippen LogP contribution in [0.4, 0.5) is 0 Å². The second kappa shape index (κ2) is 4.71. The third kappa shape index (κ3) is 68.8. The molecule has 0 saturated carbocycles. The van der Waals surface area contributed by atoms with Gasteiger partial charge < -0.3 is 0 Å². The molecular formula is H2O3PPt+. The van der Waals surface area contributed by atoms with Crippen molar-refractivity contribution in [1.29, 1.82) is 0 Å². The van der Waals surface area contributed by atoms with E-state index in [0.717, 1.165) is 0 Å². The van der Waals surface area contributed by atoms with Gasteiger partial charge in [-0.3, -0.25) is 0 Å². The first kappa shape index (κ1) is 9.20. The van der Waals surface area contributed by atoms with Crippen molar-refractivity contribution in [2.24, 2.45) is 0 Å². The van der Waals surface area contributed by atoms with Crippen LogP contribution in [0.15, 0.2) is 0 Å². The van der Waals surface area contributed by atoms with Gasteiger partial charge in [0.05, 0.1) is 0 Å². The van der Waals surface area contributed by atoms with Crippen molar-refractivity contribution in [2.45, 2.75) is 0 Å². The van der Waals surface area contributed by atoms with Crippen molar-refractivity contribution in [2.75, 3.05) is 0 Å². The summed E-state index contributed by atoms with van der Waals surface area (Å²) in [5.41, 5.74) is 0. The molecule has 0 aliphatic heterocycles. The van der Waals surface area contributed by atoms with Gasteiger partial charge in [-0.2, -0.15) is 0 Å². The summed E-state index contributed by atoms with van der Waals surface area (Å²) in [6.45, 7) is 0. The van der Waals surface area contributed by atoms with E-state index in [1.807, 2.05) is 0 Å². The summed E-state index contributed by atoms with van der Waals surface area (Å²) in [5, 5.41) is 0. The van der Waals surface area contributed by atoms with Crippen LogP contribution in [0.2, 0.25) is 0 Å². The number of hydrogen-bond donors (Lipinski definition) is 2. The minimum Gasteiger partial charge on any atom is -0.134 e. The molecule has 0 aromatic carbocycles. The molecule has 0 heterocycles. The van der Waals surface area contributed by atoms with Crippen LogP contribution in [0.25, 0.3) is 0 Å².